The second-order valence-electron chi connectivity index (χ2n) is 9.18. The van der Waals surface area contributed by atoms with Crippen LogP contribution in [-0.4, -0.2) is 26.7 Å². The summed E-state index contributed by atoms with van der Waals surface area (Å²) >= 11 is 3.61. The van der Waals surface area contributed by atoms with Crippen molar-refractivity contribution in [3.05, 3.63) is 23.4 Å². The zero-order chi connectivity index (χ0) is 20.1. The van der Waals surface area contributed by atoms with Crippen LogP contribution in [0.15, 0.2) is 16.5 Å². The molecule has 4 rings (SSSR count). The number of nitrogens with zero attached hydrogens (tertiary/aromatic N) is 2. The van der Waals surface area contributed by atoms with Crippen molar-refractivity contribution in [1.29, 1.82) is 0 Å². The molecular formula is C22H28N2O2S2. The number of aromatic nitrogens is 2. The molecule has 0 bridgehead atoms. The number of carbonyl (C=O) groups is 2. The van der Waals surface area contributed by atoms with E-state index in [-0.39, 0.29) is 23.0 Å². The molecule has 0 N–H and O–H groups in total. The minimum Gasteiger partial charge on any atom is -0.294 e. The maximum atomic E-state index is 13.1. The highest BCUT2D eigenvalue weighted by molar-refractivity contribution is 8.01. The Balaban J connectivity index is 1.77. The number of thioether (sulfide) groups is 1. The number of thiophene rings is 1. The van der Waals surface area contributed by atoms with E-state index in [0.717, 1.165) is 28.1 Å². The van der Waals surface area contributed by atoms with E-state index in [4.69, 9.17) is 0 Å². The summed E-state index contributed by atoms with van der Waals surface area (Å²) in [6.45, 7) is 8.10. The number of fused-ring (bicyclic) bond motifs is 1. The molecular weight excluding hydrogens is 388 g/mol. The van der Waals surface area contributed by atoms with Crippen molar-refractivity contribution in [3.63, 3.8) is 0 Å². The molecule has 2 aromatic heterocycles. The summed E-state index contributed by atoms with van der Waals surface area (Å²) in [6.07, 6.45) is 8.31. The van der Waals surface area contributed by atoms with E-state index in [0.29, 0.717) is 11.7 Å². The minimum absolute atomic E-state index is 0.00589. The minimum atomic E-state index is -0.0982. The molecule has 1 saturated carbocycles. The van der Waals surface area contributed by atoms with Crippen LogP contribution in [-0.2, 0) is 6.42 Å². The molecule has 0 atom stereocenters. The zero-order valence-corrected chi connectivity index (χ0v) is 18.7. The van der Waals surface area contributed by atoms with Gasteiger partial charge in [-0.25, -0.2) is 4.68 Å². The van der Waals surface area contributed by atoms with E-state index < -0.39 is 0 Å². The van der Waals surface area contributed by atoms with Crippen LogP contribution in [0.3, 0.4) is 0 Å². The molecule has 150 valence electrons. The molecule has 0 unspecified atom stereocenters. The van der Waals surface area contributed by atoms with E-state index in [1.54, 1.807) is 17.5 Å². The monoisotopic (exact) mass is 416 g/mol. The third kappa shape index (κ3) is 3.73. The Morgan fingerprint density at radius 1 is 1.29 bits per heavy atom. The van der Waals surface area contributed by atoms with E-state index in [1.165, 1.54) is 34.6 Å². The van der Waals surface area contributed by atoms with Crippen LogP contribution >= 0.6 is 23.1 Å². The van der Waals surface area contributed by atoms with Gasteiger partial charge in [0.15, 0.2) is 5.78 Å². The van der Waals surface area contributed by atoms with E-state index in [1.807, 2.05) is 31.7 Å². The lowest BCUT2D eigenvalue weighted by Gasteiger charge is -2.29. The quantitative estimate of drug-likeness (QED) is 0.604. The summed E-state index contributed by atoms with van der Waals surface area (Å²) in [6, 6.07) is 1.92. The molecule has 6 heteroatoms. The second kappa shape index (κ2) is 7.45. The predicted octanol–water partition coefficient (Wildman–Crippen LogP) is 6.10. The predicted molar refractivity (Wildman–Crippen MR) is 116 cm³/mol. The first-order valence-corrected chi connectivity index (χ1v) is 11.9. The fraction of sp³-hybridized carbons (Fsp3) is 0.591. The molecule has 2 aromatic rings. The lowest BCUT2D eigenvalue weighted by molar-refractivity contribution is 0.0837. The van der Waals surface area contributed by atoms with Crippen molar-refractivity contribution >= 4 is 34.8 Å². The lowest BCUT2D eigenvalue weighted by atomic mass is 9.74. The van der Waals surface area contributed by atoms with Crippen molar-refractivity contribution in [1.82, 2.24) is 9.78 Å². The van der Waals surface area contributed by atoms with Crippen LogP contribution in [0.5, 0.6) is 0 Å². The van der Waals surface area contributed by atoms with Gasteiger partial charge >= 0.3 is 0 Å². The summed E-state index contributed by atoms with van der Waals surface area (Å²) in [5.74, 6) is 0.166. The smallest absolute Gasteiger partial charge is 0.249 e. The normalized spacial score (nSPS) is 19.4. The number of rotatable bonds is 4. The third-order valence-electron chi connectivity index (χ3n) is 5.67. The topological polar surface area (TPSA) is 52.0 Å². The second-order valence-corrected chi connectivity index (χ2v) is 11.8. The molecule has 0 amide bonds. The highest BCUT2D eigenvalue weighted by Gasteiger charge is 2.37. The van der Waals surface area contributed by atoms with E-state index >= 15 is 0 Å². The van der Waals surface area contributed by atoms with Gasteiger partial charge in [-0.15, -0.1) is 23.1 Å². The highest BCUT2D eigenvalue weighted by atomic mass is 32.2. The SMILES string of the molecule is CC(C)C(=O)n1ccc(-c2sc(SC3CCCC3)c3c2CC(C)(C)CC3=O)n1. The van der Waals surface area contributed by atoms with Crippen molar-refractivity contribution in [2.75, 3.05) is 0 Å². The van der Waals surface area contributed by atoms with Gasteiger partial charge in [-0.1, -0.05) is 40.5 Å². The molecule has 1 fully saturated rings. The van der Waals surface area contributed by atoms with E-state index in [9.17, 15) is 9.59 Å². The summed E-state index contributed by atoms with van der Waals surface area (Å²) < 4.78 is 2.62. The van der Waals surface area contributed by atoms with Crippen LogP contribution in [0.2, 0.25) is 0 Å². The standard InChI is InChI=1S/C22H28N2O2S2/c1-13(2)20(26)24-10-9-16(23-24)19-15-11-22(3,4)12-17(25)18(15)21(28-19)27-14-7-5-6-8-14/h9-10,13-14H,5-8,11-12H2,1-4H3. The fourth-order valence-corrected chi connectivity index (χ4v) is 7.35. The van der Waals surface area contributed by atoms with Crippen molar-refractivity contribution < 1.29 is 9.59 Å². The summed E-state index contributed by atoms with van der Waals surface area (Å²) in [5, 5.41) is 5.21. The van der Waals surface area contributed by atoms with Crippen LogP contribution in [0.4, 0.5) is 0 Å². The first-order chi connectivity index (χ1) is 13.2. The van der Waals surface area contributed by atoms with Gasteiger partial charge in [0.2, 0.25) is 5.91 Å². The van der Waals surface area contributed by atoms with Crippen LogP contribution in [0, 0.1) is 11.3 Å². The number of carbonyl (C=O) groups excluding carboxylic acids is 2. The Morgan fingerprint density at radius 3 is 2.68 bits per heavy atom. The number of ketones is 1. The van der Waals surface area contributed by atoms with Gasteiger partial charge in [0.1, 0.15) is 5.69 Å². The van der Waals surface area contributed by atoms with Gasteiger partial charge in [0.05, 0.1) is 9.09 Å². The lowest BCUT2D eigenvalue weighted by Crippen LogP contribution is -2.26. The molecule has 28 heavy (non-hydrogen) atoms. The fourth-order valence-electron chi connectivity index (χ4n) is 4.24. The Kier molecular flexibility index (Phi) is 5.29. The molecule has 2 aliphatic rings. The van der Waals surface area contributed by atoms with Gasteiger partial charge in [-0.3, -0.25) is 9.59 Å². The first kappa shape index (κ1) is 19.9. The maximum Gasteiger partial charge on any atom is 0.249 e. The average Bonchev–Trinajstić information content (AvgIpc) is 3.33. The van der Waals surface area contributed by atoms with Crippen LogP contribution < -0.4 is 0 Å². The van der Waals surface area contributed by atoms with Crippen molar-refractivity contribution in [2.45, 2.75) is 75.7 Å². The summed E-state index contributed by atoms with van der Waals surface area (Å²) in [4.78, 5) is 26.4. The Morgan fingerprint density at radius 2 is 2.00 bits per heavy atom. The summed E-state index contributed by atoms with van der Waals surface area (Å²) in [5.41, 5.74) is 2.87. The molecule has 2 aliphatic carbocycles. The largest absolute Gasteiger partial charge is 0.294 e. The molecule has 2 heterocycles. The number of hydrogen-bond donors (Lipinski definition) is 0. The van der Waals surface area contributed by atoms with Gasteiger partial charge in [0, 0.05) is 29.3 Å². The van der Waals surface area contributed by atoms with E-state index in [2.05, 4.69) is 18.9 Å². The van der Waals surface area contributed by atoms with Crippen LogP contribution in [0.25, 0.3) is 10.6 Å². The Hall–Kier alpha value is -1.40. The average molecular weight is 417 g/mol. The third-order valence-corrected chi connectivity index (χ3v) is 8.48. The van der Waals surface area contributed by atoms with Gasteiger partial charge in [-0.2, -0.15) is 5.10 Å². The molecule has 4 nitrogen and oxygen atoms in total. The van der Waals surface area contributed by atoms with Gasteiger partial charge < -0.3 is 0 Å². The zero-order valence-electron chi connectivity index (χ0n) is 17.1. The Labute approximate surface area is 175 Å². The summed E-state index contributed by atoms with van der Waals surface area (Å²) in [7, 11) is 0. The molecule has 0 aromatic carbocycles. The number of Topliss-reactive ketones (excluding diaryl/α,β-unsaturated/α-hetero) is 1. The molecule has 0 spiro atoms. The first-order valence-electron chi connectivity index (χ1n) is 10.2. The van der Waals surface area contributed by atoms with Gasteiger partial charge in [-0.05, 0) is 36.3 Å². The van der Waals surface area contributed by atoms with Gasteiger partial charge in [0.25, 0.3) is 0 Å². The number of hydrogen-bond acceptors (Lipinski definition) is 5. The molecule has 0 radical (unpaired) electrons. The Bertz CT molecular complexity index is 917. The van der Waals surface area contributed by atoms with Crippen LogP contribution in [0.1, 0.15) is 80.5 Å². The maximum absolute atomic E-state index is 13.1. The molecule has 0 saturated heterocycles. The molecule has 0 aliphatic heterocycles. The van der Waals surface area contributed by atoms with Crippen molar-refractivity contribution in [2.24, 2.45) is 11.3 Å². The van der Waals surface area contributed by atoms with Crippen molar-refractivity contribution in [3.8, 4) is 10.6 Å². The highest BCUT2D eigenvalue weighted by Crippen LogP contribution is 2.50.